The van der Waals surface area contributed by atoms with E-state index >= 15 is 0 Å². The molecule has 0 saturated heterocycles. The predicted octanol–water partition coefficient (Wildman–Crippen LogP) is 1.62. The van der Waals surface area contributed by atoms with Crippen LogP contribution in [-0.4, -0.2) is 23.0 Å². The number of alkyl halides is 1. The quantitative estimate of drug-likeness (QED) is 0.800. The Hall–Kier alpha value is -0.870. The molecule has 0 aromatic heterocycles. The molecule has 1 amide bonds. The van der Waals surface area contributed by atoms with E-state index in [9.17, 15) is 9.90 Å². The number of rotatable bonds is 5. The van der Waals surface area contributed by atoms with Crippen molar-refractivity contribution in [1.29, 1.82) is 0 Å². The molecule has 4 heteroatoms. The molecule has 1 atom stereocenters. The Labute approximate surface area is 97.6 Å². The third-order valence-electron chi connectivity index (χ3n) is 2.04. The molecule has 0 aliphatic rings. The average Bonchev–Trinajstić information content (AvgIpc) is 2.27. The first-order chi connectivity index (χ1) is 7.27. The number of aliphatic hydroxyl groups is 1. The Kier molecular flexibility index (Phi) is 5.36. The summed E-state index contributed by atoms with van der Waals surface area (Å²) in [5.74, 6) is -0.0604. The normalized spacial score (nSPS) is 12.1. The summed E-state index contributed by atoms with van der Waals surface area (Å²) in [6.07, 6.45) is 0.420. The van der Waals surface area contributed by atoms with E-state index in [4.69, 9.17) is 0 Å². The van der Waals surface area contributed by atoms with Crippen molar-refractivity contribution in [2.75, 3.05) is 11.9 Å². The van der Waals surface area contributed by atoms with Crippen LogP contribution in [0.15, 0.2) is 30.3 Å². The van der Waals surface area contributed by atoms with Gasteiger partial charge in [0, 0.05) is 11.8 Å². The Balaban J connectivity index is 2.61. The SMILES string of the molecule is O=C(CCBr)N[C@@H](CO)c1ccccc1. The molecule has 3 nitrogen and oxygen atoms in total. The molecule has 1 aromatic rings. The molecular formula is C11H14BrNO2. The number of aliphatic hydroxyl groups excluding tert-OH is 1. The Bertz CT molecular complexity index is 303. The van der Waals surface area contributed by atoms with E-state index in [1.807, 2.05) is 30.3 Å². The highest BCUT2D eigenvalue weighted by molar-refractivity contribution is 9.09. The number of halogens is 1. The van der Waals surface area contributed by atoms with Gasteiger partial charge in [-0.3, -0.25) is 4.79 Å². The van der Waals surface area contributed by atoms with Crippen molar-refractivity contribution in [1.82, 2.24) is 5.32 Å². The van der Waals surface area contributed by atoms with Crippen LogP contribution in [0.4, 0.5) is 0 Å². The summed E-state index contributed by atoms with van der Waals surface area (Å²) in [4.78, 5) is 11.3. The van der Waals surface area contributed by atoms with Crippen molar-refractivity contribution in [2.24, 2.45) is 0 Å². The van der Waals surface area contributed by atoms with Gasteiger partial charge in [0.2, 0.25) is 5.91 Å². The Morgan fingerprint density at radius 3 is 2.60 bits per heavy atom. The standard InChI is InChI=1S/C11H14BrNO2/c12-7-6-11(15)13-10(8-14)9-4-2-1-3-5-9/h1-5,10,14H,6-8H2,(H,13,15)/t10-/m0/s1. The molecule has 0 bridgehead atoms. The monoisotopic (exact) mass is 271 g/mol. The lowest BCUT2D eigenvalue weighted by Crippen LogP contribution is -2.30. The van der Waals surface area contributed by atoms with E-state index in [0.29, 0.717) is 11.8 Å². The van der Waals surface area contributed by atoms with Gasteiger partial charge in [-0.1, -0.05) is 46.3 Å². The molecule has 0 saturated carbocycles. The van der Waals surface area contributed by atoms with Crippen molar-refractivity contribution in [2.45, 2.75) is 12.5 Å². The molecule has 0 heterocycles. The minimum atomic E-state index is -0.308. The van der Waals surface area contributed by atoms with Crippen LogP contribution in [0.5, 0.6) is 0 Å². The second-order valence-electron chi connectivity index (χ2n) is 3.15. The van der Waals surface area contributed by atoms with Crippen molar-refractivity contribution in [3.8, 4) is 0 Å². The number of carbonyl (C=O) groups excluding carboxylic acids is 1. The van der Waals surface area contributed by atoms with Gasteiger partial charge in [-0.2, -0.15) is 0 Å². The van der Waals surface area contributed by atoms with Gasteiger partial charge >= 0.3 is 0 Å². The molecule has 0 fully saturated rings. The van der Waals surface area contributed by atoms with Gasteiger partial charge in [-0.05, 0) is 5.56 Å². The second-order valence-corrected chi connectivity index (χ2v) is 3.95. The van der Waals surface area contributed by atoms with Gasteiger partial charge in [0.15, 0.2) is 0 Å². The molecule has 1 rings (SSSR count). The maximum atomic E-state index is 11.3. The van der Waals surface area contributed by atoms with Crippen LogP contribution >= 0.6 is 15.9 Å². The maximum absolute atomic E-state index is 11.3. The van der Waals surface area contributed by atoms with Crippen LogP contribution < -0.4 is 5.32 Å². The van der Waals surface area contributed by atoms with Crippen LogP contribution in [0.3, 0.4) is 0 Å². The topological polar surface area (TPSA) is 49.3 Å². The highest BCUT2D eigenvalue weighted by atomic mass is 79.9. The molecule has 82 valence electrons. The summed E-state index contributed by atoms with van der Waals surface area (Å²) >= 11 is 3.19. The highest BCUT2D eigenvalue weighted by Crippen LogP contribution is 2.11. The van der Waals surface area contributed by atoms with Crippen LogP contribution in [0.25, 0.3) is 0 Å². The van der Waals surface area contributed by atoms with E-state index < -0.39 is 0 Å². The lowest BCUT2D eigenvalue weighted by Gasteiger charge is -2.16. The number of amides is 1. The molecule has 0 aliphatic heterocycles. The minimum Gasteiger partial charge on any atom is -0.394 e. The molecule has 0 spiro atoms. The largest absolute Gasteiger partial charge is 0.394 e. The molecular weight excluding hydrogens is 258 g/mol. The van der Waals surface area contributed by atoms with E-state index in [-0.39, 0.29) is 18.6 Å². The van der Waals surface area contributed by atoms with Crippen molar-refractivity contribution >= 4 is 21.8 Å². The van der Waals surface area contributed by atoms with Crippen LogP contribution in [0.1, 0.15) is 18.0 Å². The number of benzene rings is 1. The van der Waals surface area contributed by atoms with Crippen molar-refractivity contribution in [3.63, 3.8) is 0 Å². The fourth-order valence-electron chi connectivity index (χ4n) is 1.27. The molecule has 0 unspecified atom stereocenters. The van der Waals surface area contributed by atoms with Gasteiger partial charge in [-0.15, -0.1) is 0 Å². The predicted molar refractivity (Wildman–Crippen MR) is 62.8 cm³/mol. The maximum Gasteiger partial charge on any atom is 0.221 e. The highest BCUT2D eigenvalue weighted by Gasteiger charge is 2.12. The summed E-state index contributed by atoms with van der Waals surface area (Å²) in [7, 11) is 0. The lowest BCUT2D eigenvalue weighted by atomic mass is 10.1. The zero-order chi connectivity index (χ0) is 11.1. The first-order valence-corrected chi connectivity index (χ1v) is 5.91. The minimum absolute atomic E-state index is 0.0604. The Morgan fingerprint density at radius 1 is 1.40 bits per heavy atom. The number of hydrogen-bond donors (Lipinski definition) is 2. The van der Waals surface area contributed by atoms with E-state index in [1.165, 1.54) is 0 Å². The number of hydrogen-bond acceptors (Lipinski definition) is 2. The second kappa shape index (κ2) is 6.58. The molecule has 0 radical (unpaired) electrons. The lowest BCUT2D eigenvalue weighted by molar-refractivity contribution is -0.121. The van der Waals surface area contributed by atoms with Crippen molar-refractivity contribution in [3.05, 3.63) is 35.9 Å². The zero-order valence-electron chi connectivity index (χ0n) is 8.32. The molecule has 0 aliphatic carbocycles. The van der Waals surface area contributed by atoms with Gasteiger partial charge in [0.05, 0.1) is 12.6 Å². The zero-order valence-corrected chi connectivity index (χ0v) is 9.90. The fourth-order valence-corrected chi connectivity index (χ4v) is 1.63. The van der Waals surface area contributed by atoms with Gasteiger partial charge in [0.25, 0.3) is 0 Å². The fraction of sp³-hybridized carbons (Fsp3) is 0.364. The Morgan fingerprint density at radius 2 is 2.07 bits per heavy atom. The van der Waals surface area contributed by atoms with E-state index in [1.54, 1.807) is 0 Å². The third-order valence-corrected chi connectivity index (χ3v) is 2.44. The first-order valence-electron chi connectivity index (χ1n) is 4.79. The summed E-state index contributed by atoms with van der Waals surface area (Å²) in [6, 6.07) is 9.13. The van der Waals surface area contributed by atoms with Gasteiger partial charge in [-0.25, -0.2) is 0 Å². The average molecular weight is 272 g/mol. The summed E-state index contributed by atoms with van der Waals surface area (Å²) < 4.78 is 0. The van der Waals surface area contributed by atoms with E-state index in [0.717, 1.165) is 5.56 Å². The van der Waals surface area contributed by atoms with Gasteiger partial charge in [0.1, 0.15) is 0 Å². The van der Waals surface area contributed by atoms with Crippen LogP contribution in [-0.2, 0) is 4.79 Å². The molecule has 2 N–H and O–H groups in total. The number of carbonyl (C=O) groups is 1. The van der Waals surface area contributed by atoms with Crippen LogP contribution in [0.2, 0.25) is 0 Å². The number of nitrogens with one attached hydrogen (secondary N) is 1. The molecule has 1 aromatic carbocycles. The van der Waals surface area contributed by atoms with Gasteiger partial charge < -0.3 is 10.4 Å². The first kappa shape index (κ1) is 12.2. The third kappa shape index (κ3) is 4.01. The summed E-state index contributed by atoms with van der Waals surface area (Å²) in [5.41, 5.74) is 0.919. The molecule has 15 heavy (non-hydrogen) atoms. The van der Waals surface area contributed by atoms with Crippen LogP contribution in [0, 0.1) is 0 Å². The van der Waals surface area contributed by atoms with E-state index in [2.05, 4.69) is 21.2 Å². The smallest absolute Gasteiger partial charge is 0.221 e. The van der Waals surface area contributed by atoms with Crippen molar-refractivity contribution < 1.29 is 9.90 Å². The summed E-state index contributed by atoms with van der Waals surface area (Å²) in [6.45, 7) is -0.0853. The summed E-state index contributed by atoms with van der Waals surface area (Å²) in [5, 5.41) is 12.6.